The van der Waals surface area contributed by atoms with Crippen molar-refractivity contribution in [2.45, 2.75) is 6.92 Å². The number of thiophene rings is 1. The maximum absolute atomic E-state index is 10.6. The van der Waals surface area contributed by atoms with Gasteiger partial charge in [0.1, 0.15) is 0 Å². The van der Waals surface area contributed by atoms with Gasteiger partial charge in [-0.05, 0) is 18.4 Å². The molecule has 3 nitrogen and oxygen atoms in total. The highest BCUT2D eigenvalue weighted by Gasteiger charge is 1.96. The van der Waals surface area contributed by atoms with Crippen molar-refractivity contribution in [3.05, 3.63) is 21.9 Å². The summed E-state index contributed by atoms with van der Waals surface area (Å²) in [5.74, 6) is 0. The van der Waals surface area contributed by atoms with Crippen molar-refractivity contribution in [1.29, 1.82) is 0 Å². The van der Waals surface area contributed by atoms with Gasteiger partial charge in [0, 0.05) is 16.7 Å². The minimum atomic E-state index is -0.569. The second kappa shape index (κ2) is 4.01. The van der Waals surface area contributed by atoms with Crippen LogP contribution in [-0.2, 0) is 4.74 Å². The highest BCUT2D eigenvalue weighted by molar-refractivity contribution is 7.10. The average molecular weight is 183 g/mol. The number of amides is 1. The summed E-state index contributed by atoms with van der Waals surface area (Å²) in [7, 11) is 1.31. The van der Waals surface area contributed by atoms with Crippen LogP contribution >= 0.6 is 11.3 Å². The second-order valence-electron chi connectivity index (χ2n) is 2.16. The molecule has 0 saturated carbocycles. The van der Waals surface area contributed by atoms with Crippen molar-refractivity contribution >= 4 is 23.6 Å². The lowest BCUT2D eigenvalue weighted by Gasteiger charge is -1.89. The summed E-state index contributed by atoms with van der Waals surface area (Å²) in [5.41, 5.74) is 0.963. The number of hydrogen-bond donors (Lipinski definition) is 0. The molecule has 0 N–H and O–H groups in total. The fourth-order valence-electron chi connectivity index (χ4n) is 0.704. The lowest BCUT2D eigenvalue weighted by Crippen LogP contribution is -1.93. The lowest BCUT2D eigenvalue weighted by molar-refractivity contribution is 0.183. The molecule has 1 amide bonds. The molecule has 1 rings (SSSR count). The number of carbonyl (C=O) groups is 1. The average Bonchev–Trinajstić information content (AvgIpc) is 2.47. The largest absolute Gasteiger partial charge is 0.451 e. The number of methoxy groups -OCH3 is 1. The Morgan fingerprint density at radius 3 is 3.00 bits per heavy atom. The van der Waals surface area contributed by atoms with Gasteiger partial charge in [0.05, 0.1) is 7.11 Å². The van der Waals surface area contributed by atoms with E-state index in [0.717, 1.165) is 10.4 Å². The van der Waals surface area contributed by atoms with E-state index in [0.29, 0.717) is 0 Å². The molecule has 0 aliphatic rings. The number of hydrogen-bond acceptors (Lipinski definition) is 3. The Labute approximate surface area is 74.7 Å². The molecule has 4 heteroatoms. The highest BCUT2D eigenvalue weighted by atomic mass is 32.1. The Bertz CT molecular complexity index is 304. The first-order chi connectivity index (χ1) is 5.74. The number of nitrogens with zero attached hydrogens (tertiary/aromatic N) is 1. The minimum absolute atomic E-state index is 0.569. The van der Waals surface area contributed by atoms with E-state index in [-0.39, 0.29) is 0 Å². The predicted molar refractivity (Wildman–Crippen MR) is 49.1 cm³/mol. The van der Waals surface area contributed by atoms with Crippen LogP contribution in [0.5, 0.6) is 0 Å². The zero-order valence-electron chi connectivity index (χ0n) is 6.90. The SMILES string of the molecule is COC(=O)N=Cc1ccsc1C. The van der Waals surface area contributed by atoms with E-state index in [1.54, 1.807) is 11.3 Å². The molecule has 1 aromatic heterocycles. The first kappa shape index (κ1) is 8.93. The third kappa shape index (κ3) is 2.17. The molecule has 12 heavy (non-hydrogen) atoms. The third-order valence-corrected chi connectivity index (χ3v) is 2.24. The summed E-state index contributed by atoms with van der Waals surface area (Å²) in [6.45, 7) is 1.98. The van der Waals surface area contributed by atoms with Crippen molar-refractivity contribution < 1.29 is 9.53 Å². The lowest BCUT2D eigenvalue weighted by atomic mass is 10.3. The van der Waals surface area contributed by atoms with Gasteiger partial charge in [-0.25, -0.2) is 4.79 Å². The standard InChI is InChI=1S/C8H9NO2S/c1-6-7(3-4-12-6)5-9-8(10)11-2/h3-5H,1-2H3. The van der Waals surface area contributed by atoms with Crippen LogP contribution in [0.4, 0.5) is 4.79 Å². The predicted octanol–water partition coefficient (Wildman–Crippen LogP) is 2.24. The zero-order valence-corrected chi connectivity index (χ0v) is 7.72. The van der Waals surface area contributed by atoms with Crippen molar-refractivity contribution in [3.8, 4) is 0 Å². The van der Waals surface area contributed by atoms with Gasteiger partial charge in [-0.15, -0.1) is 11.3 Å². The van der Waals surface area contributed by atoms with Crippen LogP contribution < -0.4 is 0 Å². The summed E-state index contributed by atoms with van der Waals surface area (Å²) in [6.07, 6.45) is 0.943. The van der Waals surface area contributed by atoms with Crippen molar-refractivity contribution in [2.24, 2.45) is 4.99 Å². The summed E-state index contributed by atoms with van der Waals surface area (Å²) in [5, 5.41) is 1.95. The van der Waals surface area contributed by atoms with Crippen LogP contribution in [0.25, 0.3) is 0 Å². The number of ether oxygens (including phenoxy) is 1. The fraction of sp³-hybridized carbons (Fsp3) is 0.250. The molecular weight excluding hydrogens is 174 g/mol. The molecule has 0 unspecified atom stereocenters. The molecule has 0 radical (unpaired) electrons. The fourth-order valence-corrected chi connectivity index (χ4v) is 1.38. The zero-order chi connectivity index (χ0) is 8.97. The normalized spacial score (nSPS) is 10.5. The van der Waals surface area contributed by atoms with Crippen molar-refractivity contribution in [2.75, 3.05) is 7.11 Å². The van der Waals surface area contributed by atoms with Crippen LogP contribution in [0, 0.1) is 6.92 Å². The number of rotatable bonds is 1. The van der Waals surface area contributed by atoms with Gasteiger partial charge in [0.2, 0.25) is 0 Å². The Morgan fingerprint density at radius 1 is 1.75 bits per heavy atom. The Hall–Kier alpha value is -1.16. The molecule has 0 bridgehead atoms. The number of aryl methyl sites for hydroxylation is 1. The Balaban J connectivity index is 2.69. The molecule has 0 atom stereocenters. The summed E-state index contributed by atoms with van der Waals surface area (Å²) < 4.78 is 4.35. The second-order valence-corrected chi connectivity index (χ2v) is 3.28. The van der Waals surface area contributed by atoms with Crippen LogP contribution in [-0.4, -0.2) is 19.4 Å². The minimum Gasteiger partial charge on any atom is -0.451 e. The van der Waals surface area contributed by atoms with Gasteiger partial charge in [-0.2, -0.15) is 4.99 Å². The van der Waals surface area contributed by atoms with E-state index in [2.05, 4.69) is 9.73 Å². The van der Waals surface area contributed by atoms with Crippen molar-refractivity contribution in [1.82, 2.24) is 0 Å². The number of aliphatic imine (C=N–C) groups is 1. The van der Waals surface area contributed by atoms with Gasteiger partial charge in [0.25, 0.3) is 0 Å². The molecule has 0 aromatic carbocycles. The summed E-state index contributed by atoms with van der Waals surface area (Å²) in [4.78, 5) is 15.3. The van der Waals surface area contributed by atoms with Gasteiger partial charge < -0.3 is 4.74 Å². The molecule has 0 saturated heterocycles. The Morgan fingerprint density at radius 2 is 2.50 bits per heavy atom. The van der Waals surface area contributed by atoms with Crippen molar-refractivity contribution in [3.63, 3.8) is 0 Å². The molecular formula is C8H9NO2S. The Kier molecular flexibility index (Phi) is 2.99. The molecule has 0 aliphatic heterocycles. The first-order valence-corrected chi connectivity index (χ1v) is 4.28. The van der Waals surface area contributed by atoms with Crippen LogP contribution in [0.1, 0.15) is 10.4 Å². The molecule has 0 aliphatic carbocycles. The van der Waals surface area contributed by atoms with Crippen LogP contribution in [0.15, 0.2) is 16.4 Å². The quantitative estimate of drug-likeness (QED) is 0.626. The van der Waals surface area contributed by atoms with Gasteiger partial charge in [0.15, 0.2) is 0 Å². The van der Waals surface area contributed by atoms with E-state index in [9.17, 15) is 4.79 Å². The monoisotopic (exact) mass is 183 g/mol. The van der Waals surface area contributed by atoms with Gasteiger partial charge in [-0.1, -0.05) is 0 Å². The van der Waals surface area contributed by atoms with Gasteiger partial charge >= 0.3 is 6.09 Å². The van der Waals surface area contributed by atoms with Crippen LogP contribution in [0.3, 0.4) is 0 Å². The van der Waals surface area contributed by atoms with E-state index < -0.39 is 6.09 Å². The molecule has 0 fully saturated rings. The van der Waals surface area contributed by atoms with E-state index in [1.165, 1.54) is 13.3 Å². The van der Waals surface area contributed by atoms with Crippen LogP contribution in [0.2, 0.25) is 0 Å². The third-order valence-electron chi connectivity index (χ3n) is 1.38. The molecule has 0 spiro atoms. The highest BCUT2D eigenvalue weighted by Crippen LogP contribution is 2.12. The van der Waals surface area contributed by atoms with E-state index >= 15 is 0 Å². The first-order valence-electron chi connectivity index (χ1n) is 3.40. The number of carbonyl (C=O) groups excluding carboxylic acids is 1. The van der Waals surface area contributed by atoms with E-state index in [1.807, 2.05) is 18.4 Å². The van der Waals surface area contributed by atoms with Gasteiger partial charge in [-0.3, -0.25) is 0 Å². The van der Waals surface area contributed by atoms with E-state index in [4.69, 9.17) is 0 Å². The topological polar surface area (TPSA) is 38.7 Å². The smallest absolute Gasteiger partial charge is 0.433 e. The maximum Gasteiger partial charge on any atom is 0.433 e. The molecule has 1 aromatic rings. The maximum atomic E-state index is 10.6. The molecule has 1 heterocycles. The molecule has 64 valence electrons. The summed E-state index contributed by atoms with van der Waals surface area (Å²) in [6, 6.07) is 1.91. The summed E-state index contributed by atoms with van der Waals surface area (Å²) >= 11 is 1.62.